The number of amides is 1. The van der Waals surface area contributed by atoms with Crippen molar-refractivity contribution in [2.75, 3.05) is 19.5 Å². The number of rotatable bonds is 6. The highest BCUT2D eigenvalue weighted by Gasteiger charge is 2.16. The van der Waals surface area contributed by atoms with Gasteiger partial charge in [-0.2, -0.15) is 0 Å². The van der Waals surface area contributed by atoms with E-state index in [0.29, 0.717) is 40.0 Å². The zero-order valence-electron chi connectivity index (χ0n) is 20.0. The maximum atomic E-state index is 13.1. The maximum absolute atomic E-state index is 13.1. The first-order valence-electron chi connectivity index (χ1n) is 11.5. The molecule has 0 atom stereocenters. The van der Waals surface area contributed by atoms with Crippen LogP contribution >= 0.6 is 0 Å². The molecule has 2 aromatic heterocycles. The Morgan fingerprint density at radius 1 is 0.784 bits per heavy atom. The predicted octanol–water partition coefficient (Wildman–Crippen LogP) is 6.59. The molecule has 0 spiro atoms. The zero-order chi connectivity index (χ0) is 25.4. The molecule has 0 unspecified atom stereocenters. The monoisotopic (exact) mass is 491 g/mol. The standard InChI is InChI=1S/C29H21N3O5/c1-34-26-15-22-24(16-27(26)35-2)30-13-12-25(22)36-18-10-11-19-17(14-18)6-5-8-20(19)28(33)31-29-21-7-3-4-9-23(21)32-37-29/h3-16H,1-2H3,(H,31,33). The fourth-order valence-electron chi connectivity index (χ4n) is 4.34. The first-order chi connectivity index (χ1) is 18.1. The number of hydrogen-bond donors (Lipinski definition) is 1. The third kappa shape index (κ3) is 4.04. The molecular formula is C29H21N3O5. The summed E-state index contributed by atoms with van der Waals surface area (Å²) in [7, 11) is 3.17. The third-order valence-electron chi connectivity index (χ3n) is 6.14. The zero-order valence-corrected chi connectivity index (χ0v) is 20.0. The molecule has 1 N–H and O–H groups in total. The van der Waals surface area contributed by atoms with Gasteiger partial charge >= 0.3 is 0 Å². The van der Waals surface area contributed by atoms with Crippen molar-refractivity contribution in [2.45, 2.75) is 0 Å². The second-order valence-electron chi connectivity index (χ2n) is 8.31. The molecule has 0 saturated heterocycles. The summed E-state index contributed by atoms with van der Waals surface area (Å²) in [4.78, 5) is 17.6. The number of benzene rings is 4. The van der Waals surface area contributed by atoms with Crippen LogP contribution in [0.5, 0.6) is 23.0 Å². The maximum Gasteiger partial charge on any atom is 0.258 e. The highest BCUT2D eigenvalue weighted by atomic mass is 16.5. The van der Waals surface area contributed by atoms with Crippen molar-refractivity contribution in [1.29, 1.82) is 0 Å². The summed E-state index contributed by atoms with van der Waals surface area (Å²) in [5, 5.41) is 9.99. The summed E-state index contributed by atoms with van der Waals surface area (Å²) in [6, 6.07) is 24.0. The molecule has 0 radical (unpaired) electrons. The van der Waals surface area contributed by atoms with E-state index in [4.69, 9.17) is 18.7 Å². The van der Waals surface area contributed by atoms with Crippen molar-refractivity contribution < 1.29 is 23.5 Å². The van der Waals surface area contributed by atoms with Crippen LogP contribution < -0.4 is 19.5 Å². The molecule has 4 aromatic carbocycles. The number of aromatic nitrogens is 2. The minimum atomic E-state index is -0.289. The van der Waals surface area contributed by atoms with Crippen LogP contribution in [0.3, 0.4) is 0 Å². The Bertz CT molecular complexity index is 1790. The van der Waals surface area contributed by atoms with Gasteiger partial charge in [0.25, 0.3) is 5.91 Å². The van der Waals surface area contributed by atoms with Gasteiger partial charge in [0.15, 0.2) is 11.5 Å². The average Bonchev–Trinajstić information content (AvgIpc) is 3.34. The number of carbonyl (C=O) groups is 1. The van der Waals surface area contributed by atoms with Crippen molar-refractivity contribution in [3.63, 3.8) is 0 Å². The summed E-state index contributed by atoms with van der Waals surface area (Å²) < 4.78 is 22.4. The van der Waals surface area contributed by atoms with Gasteiger partial charge in [0.05, 0.1) is 25.1 Å². The van der Waals surface area contributed by atoms with Crippen molar-refractivity contribution >= 4 is 44.4 Å². The molecule has 6 aromatic rings. The molecule has 0 aliphatic rings. The summed E-state index contributed by atoms with van der Waals surface area (Å²) in [6.07, 6.45) is 1.68. The molecule has 8 heteroatoms. The Morgan fingerprint density at radius 2 is 1.62 bits per heavy atom. The minimum absolute atomic E-state index is 0.289. The molecule has 8 nitrogen and oxygen atoms in total. The van der Waals surface area contributed by atoms with E-state index >= 15 is 0 Å². The molecule has 37 heavy (non-hydrogen) atoms. The van der Waals surface area contributed by atoms with E-state index in [2.05, 4.69) is 15.5 Å². The number of ether oxygens (including phenoxy) is 3. The lowest BCUT2D eigenvalue weighted by Gasteiger charge is -2.13. The van der Waals surface area contributed by atoms with Crippen LogP contribution in [0.4, 0.5) is 5.88 Å². The van der Waals surface area contributed by atoms with E-state index in [1.807, 2.05) is 66.7 Å². The van der Waals surface area contributed by atoms with Gasteiger partial charge < -0.3 is 18.7 Å². The van der Waals surface area contributed by atoms with Gasteiger partial charge in [-0.1, -0.05) is 29.4 Å². The first kappa shape index (κ1) is 22.4. The fraction of sp³-hybridized carbons (Fsp3) is 0.0690. The normalized spacial score (nSPS) is 11.1. The SMILES string of the molecule is COc1cc2nccc(Oc3ccc4c(C(=O)Nc5onc6ccccc56)cccc4c3)c2cc1OC. The Hall–Kier alpha value is -5.11. The average molecular weight is 492 g/mol. The molecule has 0 fully saturated rings. The first-order valence-corrected chi connectivity index (χ1v) is 11.5. The quantitative estimate of drug-likeness (QED) is 0.281. The second kappa shape index (κ2) is 9.16. The van der Waals surface area contributed by atoms with E-state index < -0.39 is 0 Å². The lowest BCUT2D eigenvalue weighted by Crippen LogP contribution is -2.12. The smallest absolute Gasteiger partial charge is 0.258 e. The number of methoxy groups -OCH3 is 2. The van der Waals surface area contributed by atoms with Gasteiger partial charge in [-0.3, -0.25) is 15.1 Å². The molecule has 0 saturated carbocycles. The number of fused-ring (bicyclic) bond motifs is 3. The predicted molar refractivity (Wildman–Crippen MR) is 141 cm³/mol. The highest BCUT2D eigenvalue weighted by molar-refractivity contribution is 6.14. The van der Waals surface area contributed by atoms with Crippen molar-refractivity contribution in [1.82, 2.24) is 10.1 Å². The number of nitrogens with zero attached hydrogens (tertiary/aromatic N) is 2. The van der Waals surface area contributed by atoms with Gasteiger partial charge in [0.2, 0.25) is 5.88 Å². The fourth-order valence-corrected chi connectivity index (χ4v) is 4.34. The van der Waals surface area contributed by atoms with Crippen LogP contribution in [0.25, 0.3) is 32.6 Å². The summed E-state index contributed by atoms with van der Waals surface area (Å²) in [5.74, 6) is 2.44. The van der Waals surface area contributed by atoms with Crippen molar-refractivity contribution in [3.8, 4) is 23.0 Å². The molecule has 2 heterocycles. The lowest BCUT2D eigenvalue weighted by molar-refractivity contribution is 0.102. The highest BCUT2D eigenvalue weighted by Crippen LogP contribution is 2.37. The van der Waals surface area contributed by atoms with Gasteiger partial charge in [-0.05, 0) is 59.3 Å². The Morgan fingerprint density at radius 3 is 2.49 bits per heavy atom. The summed E-state index contributed by atoms with van der Waals surface area (Å²) in [6.45, 7) is 0. The van der Waals surface area contributed by atoms with E-state index in [1.165, 1.54) is 0 Å². The second-order valence-corrected chi connectivity index (χ2v) is 8.31. The molecule has 0 aliphatic carbocycles. The van der Waals surface area contributed by atoms with Crippen molar-refractivity contribution in [3.05, 3.63) is 90.6 Å². The number of pyridine rings is 1. The van der Waals surface area contributed by atoms with Gasteiger partial charge in [-0.15, -0.1) is 0 Å². The van der Waals surface area contributed by atoms with Crippen LogP contribution in [-0.2, 0) is 0 Å². The Balaban J connectivity index is 1.32. The molecular weight excluding hydrogens is 470 g/mol. The molecule has 0 bridgehead atoms. The largest absolute Gasteiger partial charge is 0.493 e. The van der Waals surface area contributed by atoms with Crippen LogP contribution in [0.1, 0.15) is 10.4 Å². The van der Waals surface area contributed by atoms with E-state index in [9.17, 15) is 4.79 Å². The van der Waals surface area contributed by atoms with Gasteiger partial charge in [-0.25, -0.2) is 0 Å². The third-order valence-corrected chi connectivity index (χ3v) is 6.14. The molecule has 0 aliphatic heterocycles. The van der Waals surface area contributed by atoms with E-state index in [0.717, 1.165) is 27.1 Å². The summed E-state index contributed by atoms with van der Waals surface area (Å²) >= 11 is 0. The van der Waals surface area contributed by atoms with E-state index in [-0.39, 0.29) is 5.91 Å². The van der Waals surface area contributed by atoms with Crippen LogP contribution in [0.2, 0.25) is 0 Å². The van der Waals surface area contributed by atoms with Crippen LogP contribution in [-0.4, -0.2) is 30.3 Å². The number of anilines is 1. The van der Waals surface area contributed by atoms with Gasteiger partial charge in [0, 0.05) is 23.2 Å². The Labute approximate surface area is 211 Å². The molecule has 6 rings (SSSR count). The lowest BCUT2D eigenvalue weighted by atomic mass is 10.0. The van der Waals surface area contributed by atoms with Crippen molar-refractivity contribution in [2.24, 2.45) is 0 Å². The molecule has 1 amide bonds. The molecule has 182 valence electrons. The topological polar surface area (TPSA) is 95.7 Å². The van der Waals surface area contributed by atoms with Gasteiger partial charge in [0.1, 0.15) is 17.0 Å². The van der Waals surface area contributed by atoms with Crippen LogP contribution in [0.15, 0.2) is 89.6 Å². The summed E-state index contributed by atoms with van der Waals surface area (Å²) in [5.41, 5.74) is 1.91. The number of nitrogens with one attached hydrogen (secondary N) is 1. The minimum Gasteiger partial charge on any atom is -0.493 e. The van der Waals surface area contributed by atoms with Crippen LogP contribution in [0, 0.1) is 0 Å². The Kier molecular flexibility index (Phi) is 5.54. The number of carbonyl (C=O) groups excluding carboxylic acids is 1. The van der Waals surface area contributed by atoms with E-state index in [1.54, 1.807) is 32.5 Å². The number of hydrogen-bond acceptors (Lipinski definition) is 7.